The Kier molecular flexibility index (Phi) is 3.73. The Balaban J connectivity index is 2.07. The maximum absolute atomic E-state index is 11.8. The molecule has 2 heterocycles. The molecule has 0 unspecified atom stereocenters. The fourth-order valence-electron chi connectivity index (χ4n) is 3.36. The van der Waals surface area contributed by atoms with Crippen LogP contribution in [0.2, 0.25) is 0 Å². The normalized spacial score (nSPS) is 11.1. The highest BCUT2D eigenvalue weighted by Gasteiger charge is 2.22. The minimum absolute atomic E-state index is 0.115. The summed E-state index contributed by atoms with van der Waals surface area (Å²) in [6.45, 7) is 1.94. The van der Waals surface area contributed by atoms with E-state index in [-0.39, 0.29) is 5.78 Å². The number of aromatic nitrogens is 2. The molecule has 0 radical (unpaired) electrons. The average Bonchev–Trinajstić information content (AvgIpc) is 2.99. The van der Waals surface area contributed by atoms with E-state index >= 15 is 0 Å². The maximum atomic E-state index is 11.8. The summed E-state index contributed by atoms with van der Waals surface area (Å²) in [4.78, 5) is 15.3. The van der Waals surface area contributed by atoms with E-state index in [4.69, 9.17) is 4.74 Å². The van der Waals surface area contributed by atoms with Crippen molar-refractivity contribution in [3.8, 4) is 17.0 Å². The topological polar surface area (TPSA) is 46.0 Å². The number of rotatable bonds is 4. The van der Waals surface area contributed by atoms with Gasteiger partial charge in [-0.15, -0.1) is 0 Å². The first-order valence-electron chi connectivity index (χ1n) is 8.24. The summed E-state index contributed by atoms with van der Waals surface area (Å²) in [5, 5.41) is 2.32. The summed E-state index contributed by atoms with van der Waals surface area (Å²) in [7, 11) is 1.66. The number of hydrogen-bond donors (Lipinski definition) is 1. The largest absolute Gasteiger partial charge is 0.497 e. The van der Waals surface area contributed by atoms with Gasteiger partial charge >= 0.3 is 0 Å². The molecule has 0 bridgehead atoms. The number of para-hydroxylation sites is 1. The summed E-state index contributed by atoms with van der Waals surface area (Å²) in [6, 6.07) is 18.2. The van der Waals surface area contributed by atoms with Gasteiger partial charge in [-0.05, 0) is 24.3 Å². The van der Waals surface area contributed by atoms with Crippen molar-refractivity contribution in [3.63, 3.8) is 0 Å². The van der Waals surface area contributed by atoms with E-state index < -0.39 is 0 Å². The lowest BCUT2D eigenvalue weighted by Crippen LogP contribution is -2.39. The van der Waals surface area contributed by atoms with Crippen molar-refractivity contribution < 1.29 is 14.1 Å². The summed E-state index contributed by atoms with van der Waals surface area (Å²) in [5.41, 5.74) is 4.11. The molecule has 2 aromatic carbocycles. The van der Waals surface area contributed by atoms with E-state index in [0.29, 0.717) is 6.54 Å². The molecule has 124 valence electrons. The molecule has 0 spiro atoms. The first kappa shape index (κ1) is 15.4. The van der Waals surface area contributed by atoms with Crippen molar-refractivity contribution in [2.24, 2.45) is 0 Å². The van der Waals surface area contributed by atoms with Crippen molar-refractivity contribution >= 4 is 27.6 Å². The van der Waals surface area contributed by atoms with Gasteiger partial charge in [0.15, 0.2) is 12.0 Å². The number of nitrogens with one attached hydrogen (secondary N) is 1. The molecule has 0 saturated heterocycles. The molecule has 2 aromatic heterocycles. The first-order valence-corrected chi connectivity index (χ1v) is 8.24. The first-order chi connectivity index (χ1) is 12.2. The van der Waals surface area contributed by atoms with Crippen molar-refractivity contribution in [1.82, 2.24) is 4.98 Å². The van der Waals surface area contributed by atoms with Gasteiger partial charge in [0.05, 0.1) is 12.7 Å². The molecule has 4 aromatic rings. The van der Waals surface area contributed by atoms with E-state index in [0.717, 1.165) is 33.4 Å². The number of carbonyl (C=O) groups is 1. The van der Waals surface area contributed by atoms with Crippen LogP contribution < -0.4 is 9.30 Å². The number of aromatic amines is 1. The third-order valence-corrected chi connectivity index (χ3v) is 4.43. The number of Topliss-reactive ketones (excluding diaryl/α,β-unsaturated/α-hetero) is 1. The van der Waals surface area contributed by atoms with Crippen molar-refractivity contribution in [3.05, 3.63) is 60.8 Å². The lowest BCUT2D eigenvalue weighted by Gasteiger charge is -2.06. The predicted molar refractivity (Wildman–Crippen MR) is 98.7 cm³/mol. The van der Waals surface area contributed by atoms with Gasteiger partial charge in [-0.3, -0.25) is 4.79 Å². The summed E-state index contributed by atoms with van der Waals surface area (Å²) in [5.74, 6) is 0.907. The fraction of sp³-hybridized carbons (Fsp3) is 0.143. The van der Waals surface area contributed by atoms with Crippen LogP contribution in [0.3, 0.4) is 0 Å². The van der Waals surface area contributed by atoms with Gasteiger partial charge in [0, 0.05) is 29.3 Å². The van der Waals surface area contributed by atoms with Crippen LogP contribution in [0.5, 0.6) is 5.75 Å². The molecule has 25 heavy (non-hydrogen) atoms. The van der Waals surface area contributed by atoms with Gasteiger partial charge in [0.1, 0.15) is 11.3 Å². The number of fused-ring (bicyclic) bond motifs is 3. The smallest absolute Gasteiger partial charge is 0.237 e. The molecule has 0 aliphatic rings. The molecular formula is C21H19N2O2+. The van der Waals surface area contributed by atoms with Crippen LogP contribution in [0.15, 0.2) is 60.8 Å². The second kappa shape index (κ2) is 6.06. The summed E-state index contributed by atoms with van der Waals surface area (Å²) in [6.07, 6.45) is 1.98. The third kappa shape index (κ3) is 2.66. The number of ketones is 1. The lowest BCUT2D eigenvalue weighted by molar-refractivity contribution is -0.672. The van der Waals surface area contributed by atoms with Crippen LogP contribution in [0.1, 0.15) is 6.92 Å². The zero-order chi connectivity index (χ0) is 17.4. The quantitative estimate of drug-likeness (QED) is 0.577. The van der Waals surface area contributed by atoms with Crippen LogP contribution in [0, 0.1) is 0 Å². The monoisotopic (exact) mass is 331 g/mol. The molecule has 1 N–H and O–H groups in total. The van der Waals surface area contributed by atoms with Gasteiger partial charge in [-0.1, -0.05) is 24.3 Å². The zero-order valence-electron chi connectivity index (χ0n) is 14.2. The van der Waals surface area contributed by atoms with Crippen molar-refractivity contribution in [2.45, 2.75) is 13.5 Å². The molecule has 4 heteroatoms. The Morgan fingerprint density at radius 1 is 1.08 bits per heavy atom. The number of benzene rings is 2. The number of methoxy groups -OCH3 is 1. The molecule has 4 nitrogen and oxygen atoms in total. The standard InChI is InChI=1S/C21H18N2O2/c1-14(24)13-23-11-10-18-17-8-3-4-9-19(17)22-20(18)21(23)15-6-5-7-16(12-15)25-2/h3-12H,13H2,1-2H3/p+1. The molecule has 0 atom stereocenters. The number of nitrogens with zero attached hydrogens (tertiary/aromatic N) is 1. The minimum Gasteiger partial charge on any atom is -0.497 e. The highest BCUT2D eigenvalue weighted by Crippen LogP contribution is 2.32. The molecule has 0 amide bonds. The molecule has 0 aliphatic carbocycles. The van der Waals surface area contributed by atoms with Crippen LogP contribution in [0.4, 0.5) is 0 Å². The number of ether oxygens (including phenoxy) is 1. The fourth-order valence-corrected chi connectivity index (χ4v) is 3.36. The van der Waals surface area contributed by atoms with Gasteiger partial charge < -0.3 is 9.72 Å². The molecule has 0 fully saturated rings. The minimum atomic E-state index is 0.115. The Labute approximate surface area is 145 Å². The number of hydrogen-bond acceptors (Lipinski definition) is 2. The SMILES string of the molecule is COc1cccc(-c2c3[nH]c4ccccc4c3cc[n+]2CC(C)=O)c1. The average molecular weight is 331 g/mol. The van der Waals surface area contributed by atoms with Gasteiger partial charge in [0.2, 0.25) is 12.2 Å². The maximum Gasteiger partial charge on any atom is 0.237 e. The van der Waals surface area contributed by atoms with Crippen molar-refractivity contribution in [2.75, 3.05) is 7.11 Å². The van der Waals surface area contributed by atoms with E-state index in [9.17, 15) is 4.79 Å². The van der Waals surface area contributed by atoms with Gasteiger partial charge in [0.25, 0.3) is 0 Å². The van der Waals surface area contributed by atoms with Crippen LogP contribution in [-0.2, 0) is 11.3 Å². The highest BCUT2D eigenvalue weighted by molar-refractivity contribution is 6.10. The number of pyridine rings is 1. The summed E-state index contributed by atoms with van der Waals surface area (Å²) >= 11 is 0. The Hall–Kier alpha value is -3.14. The van der Waals surface area contributed by atoms with E-state index in [1.165, 1.54) is 5.39 Å². The Bertz CT molecular complexity index is 1100. The highest BCUT2D eigenvalue weighted by atomic mass is 16.5. The molecular weight excluding hydrogens is 312 g/mol. The molecule has 0 saturated carbocycles. The second-order valence-electron chi connectivity index (χ2n) is 6.19. The molecule has 0 aliphatic heterocycles. The van der Waals surface area contributed by atoms with E-state index in [1.54, 1.807) is 14.0 Å². The molecule has 4 rings (SSSR count). The van der Waals surface area contributed by atoms with Crippen LogP contribution in [0.25, 0.3) is 33.1 Å². The number of H-pyrrole nitrogens is 1. The summed E-state index contributed by atoms with van der Waals surface area (Å²) < 4.78 is 7.38. The zero-order valence-corrected chi connectivity index (χ0v) is 14.2. The predicted octanol–water partition coefficient (Wildman–Crippen LogP) is 3.87. The van der Waals surface area contributed by atoms with Gasteiger partial charge in [-0.2, -0.15) is 4.57 Å². The lowest BCUT2D eigenvalue weighted by atomic mass is 10.1. The van der Waals surface area contributed by atoms with Gasteiger partial charge in [-0.25, -0.2) is 0 Å². The van der Waals surface area contributed by atoms with Crippen LogP contribution in [-0.4, -0.2) is 17.9 Å². The Morgan fingerprint density at radius 3 is 2.72 bits per heavy atom. The van der Waals surface area contributed by atoms with E-state index in [2.05, 4.69) is 23.2 Å². The Morgan fingerprint density at radius 2 is 1.92 bits per heavy atom. The second-order valence-corrected chi connectivity index (χ2v) is 6.19. The van der Waals surface area contributed by atoms with E-state index in [1.807, 2.05) is 47.2 Å². The van der Waals surface area contributed by atoms with Crippen molar-refractivity contribution in [1.29, 1.82) is 0 Å². The number of carbonyl (C=O) groups excluding carboxylic acids is 1. The van der Waals surface area contributed by atoms with Crippen LogP contribution >= 0.6 is 0 Å². The third-order valence-electron chi connectivity index (χ3n) is 4.43.